The van der Waals surface area contributed by atoms with Gasteiger partial charge in [-0.05, 0) is 38.8 Å². The largest absolute Gasteiger partial charge is 0.419 e. The standard InChI is InChI=1S/C22H23F3N6O/c1-11-18(12(2)32-31-11)17-8-7-14-15(9-26-20(14)29-17)19-16(22(23,24)25)10-27-21(30-19)28-13-5-3-4-6-13/h7-11,13,31H,3-6H2,1-2H3,(H,26,29)(H,27,28,30). The number of rotatable bonds is 4. The number of pyridine rings is 1. The molecule has 3 aromatic heterocycles. The summed E-state index contributed by atoms with van der Waals surface area (Å²) in [6.45, 7) is 3.79. The van der Waals surface area contributed by atoms with Crippen LogP contribution in [0.1, 0.15) is 50.8 Å². The molecule has 0 amide bonds. The van der Waals surface area contributed by atoms with Crippen molar-refractivity contribution in [1.82, 2.24) is 25.4 Å². The molecular formula is C22H23F3N6O. The highest BCUT2D eigenvalue weighted by Gasteiger charge is 2.36. The van der Waals surface area contributed by atoms with Gasteiger partial charge >= 0.3 is 6.18 Å². The van der Waals surface area contributed by atoms with Crippen LogP contribution in [0.15, 0.2) is 30.3 Å². The second-order valence-electron chi connectivity index (χ2n) is 8.29. The minimum atomic E-state index is -4.58. The summed E-state index contributed by atoms with van der Waals surface area (Å²) in [5.41, 5.74) is 4.27. The molecule has 4 heterocycles. The van der Waals surface area contributed by atoms with Gasteiger partial charge in [0.1, 0.15) is 17.0 Å². The fourth-order valence-electron chi connectivity index (χ4n) is 4.47. The Labute approximate surface area is 182 Å². The Hall–Kier alpha value is -3.14. The fourth-order valence-corrected chi connectivity index (χ4v) is 4.47. The summed E-state index contributed by atoms with van der Waals surface area (Å²) < 4.78 is 41.3. The van der Waals surface area contributed by atoms with Crippen molar-refractivity contribution in [1.29, 1.82) is 0 Å². The van der Waals surface area contributed by atoms with E-state index in [1.165, 1.54) is 6.20 Å². The minimum Gasteiger partial charge on any atom is -0.412 e. The van der Waals surface area contributed by atoms with E-state index in [4.69, 9.17) is 4.84 Å². The summed E-state index contributed by atoms with van der Waals surface area (Å²) in [6.07, 6.45) is 1.91. The van der Waals surface area contributed by atoms with Crippen molar-refractivity contribution < 1.29 is 18.0 Å². The smallest absolute Gasteiger partial charge is 0.412 e. The highest BCUT2D eigenvalue weighted by molar-refractivity contribution is 5.94. The normalized spacial score (nSPS) is 19.7. The van der Waals surface area contributed by atoms with E-state index < -0.39 is 11.7 Å². The monoisotopic (exact) mass is 444 g/mol. The topological polar surface area (TPSA) is 87.8 Å². The zero-order valence-electron chi connectivity index (χ0n) is 17.7. The Bertz CT molecular complexity index is 1200. The summed E-state index contributed by atoms with van der Waals surface area (Å²) in [5, 5.41) is 3.74. The van der Waals surface area contributed by atoms with Crippen molar-refractivity contribution in [2.45, 2.75) is 57.8 Å². The third-order valence-electron chi connectivity index (χ3n) is 6.05. The van der Waals surface area contributed by atoms with Gasteiger partial charge in [0.15, 0.2) is 0 Å². The van der Waals surface area contributed by atoms with Crippen LogP contribution in [0.3, 0.4) is 0 Å². The fraction of sp³-hybridized carbons (Fsp3) is 0.409. The van der Waals surface area contributed by atoms with Gasteiger partial charge in [0.2, 0.25) is 5.95 Å². The molecule has 0 bridgehead atoms. The molecule has 0 saturated heterocycles. The summed E-state index contributed by atoms with van der Waals surface area (Å²) in [6, 6.07) is 3.70. The zero-order chi connectivity index (χ0) is 22.5. The second kappa shape index (κ2) is 7.77. The molecule has 5 rings (SSSR count). The number of nitrogens with one attached hydrogen (secondary N) is 3. The molecule has 3 N–H and O–H groups in total. The van der Waals surface area contributed by atoms with Crippen LogP contribution >= 0.6 is 0 Å². The number of allylic oxidation sites excluding steroid dienone is 1. The predicted molar refractivity (Wildman–Crippen MR) is 114 cm³/mol. The predicted octanol–water partition coefficient (Wildman–Crippen LogP) is 5.05. The SMILES string of the molecule is CC1=C(c2ccc3c(-c4nc(NC5CCCC5)ncc4C(F)(F)F)c[nH]c3n2)C(C)NO1. The molecule has 1 atom stereocenters. The number of anilines is 1. The first-order valence-corrected chi connectivity index (χ1v) is 10.6. The molecule has 2 aliphatic rings. The maximum absolute atomic E-state index is 13.8. The number of hydrogen-bond acceptors (Lipinski definition) is 6. The maximum Gasteiger partial charge on any atom is 0.419 e. The third kappa shape index (κ3) is 3.68. The molecule has 1 aliphatic carbocycles. The van der Waals surface area contributed by atoms with Crippen molar-refractivity contribution in [3.05, 3.63) is 41.5 Å². The van der Waals surface area contributed by atoms with Crippen LogP contribution in [0.4, 0.5) is 19.1 Å². The van der Waals surface area contributed by atoms with Crippen LogP contribution in [0.25, 0.3) is 27.9 Å². The van der Waals surface area contributed by atoms with Crippen molar-refractivity contribution in [3.63, 3.8) is 0 Å². The Morgan fingerprint density at radius 1 is 1.16 bits per heavy atom. The van der Waals surface area contributed by atoms with Gasteiger partial charge in [0.05, 0.1) is 17.4 Å². The molecule has 0 spiro atoms. The van der Waals surface area contributed by atoms with Crippen molar-refractivity contribution in [2.75, 3.05) is 5.32 Å². The zero-order valence-corrected chi connectivity index (χ0v) is 17.7. The first-order valence-electron chi connectivity index (χ1n) is 10.6. The minimum absolute atomic E-state index is 0.0442. The molecule has 1 unspecified atom stereocenters. The lowest BCUT2D eigenvalue weighted by atomic mass is 10.0. The van der Waals surface area contributed by atoms with Gasteiger partial charge in [-0.15, -0.1) is 5.48 Å². The number of H-pyrrole nitrogens is 1. The number of aromatic nitrogens is 4. The highest BCUT2D eigenvalue weighted by Crippen LogP contribution is 2.39. The van der Waals surface area contributed by atoms with Crippen LogP contribution < -0.4 is 10.8 Å². The summed E-state index contributed by atoms with van der Waals surface area (Å²) in [7, 11) is 0. The van der Waals surface area contributed by atoms with Crippen LogP contribution in [0.2, 0.25) is 0 Å². The number of hydrogen-bond donors (Lipinski definition) is 3. The number of hydroxylamine groups is 1. The van der Waals surface area contributed by atoms with E-state index in [1.54, 1.807) is 12.1 Å². The summed E-state index contributed by atoms with van der Waals surface area (Å²) in [4.78, 5) is 21.2. The molecule has 1 fully saturated rings. The van der Waals surface area contributed by atoms with E-state index in [1.807, 2.05) is 13.8 Å². The maximum atomic E-state index is 13.8. The van der Waals surface area contributed by atoms with Crippen molar-refractivity contribution in [3.8, 4) is 11.3 Å². The van der Waals surface area contributed by atoms with Crippen molar-refractivity contribution in [2.24, 2.45) is 0 Å². The van der Waals surface area contributed by atoms with E-state index in [0.29, 0.717) is 28.0 Å². The van der Waals surface area contributed by atoms with Gasteiger partial charge in [-0.25, -0.2) is 15.0 Å². The average Bonchev–Trinajstić information content (AvgIpc) is 3.47. The quantitative estimate of drug-likeness (QED) is 0.522. The van der Waals surface area contributed by atoms with Crippen LogP contribution in [0, 0.1) is 0 Å². The molecular weight excluding hydrogens is 421 g/mol. The Morgan fingerprint density at radius 3 is 2.62 bits per heavy atom. The first kappa shape index (κ1) is 20.7. The number of halogens is 3. The second-order valence-corrected chi connectivity index (χ2v) is 8.29. The van der Waals surface area contributed by atoms with E-state index in [9.17, 15) is 13.2 Å². The van der Waals surface area contributed by atoms with Gasteiger partial charge in [0, 0.05) is 35.0 Å². The van der Waals surface area contributed by atoms with E-state index >= 15 is 0 Å². The number of alkyl halides is 3. The molecule has 3 aromatic rings. The molecule has 10 heteroatoms. The third-order valence-corrected chi connectivity index (χ3v) is 6.05. The lowest BCUT2D eigenvalue weighted by Crippen LogP contribution is -2.19. The number of aromatic amines is 1. The van der Waals surface area contributed by atoms with Crippen LogP contribution in [-0.2, 0) is 11.0 Å². The Kier molecular flexibility index (Phi) is 5.04. The van der Waals surface area contributed by atoms with Crippen LogP contribution in [-0.4, -0.2) is 32.0 Å². The number of fused-ring (bicyclic) bond motifs is 1. The molecule has 0 aromatic carbocycles. The summed E-state index contributed by atoms with van der Waals surface area (Å²) >= 11 is 0. The van der Waals surface area contributed by atoms with E-state index in [2.05, 4.69) is 30.7 Å². The van der Waals surface area contributed by atoms with Gasteiger partial charge in [0.25, 0.3) is 0 Å². The Morgan fingerprint density at radius 2 is 1.94 bits per heavy atom. The van der Waals surface area contributed by atoms with Gasteiger partial charge < -0.3 is 15.1 Å². The lowest BCUT2D eigenvalue weighted by Gasteiger charge is -2.15. The van der Waals surface area contributed by atoms with E-state index in [-0.39, 0.29) is 23.7 Å². The molecule has 1 aliphatic heterocycles. The molecule has 32 heavy (non-hydrogen) atoms. The molecule has 0 radical (unpaired) electrons. The summed E-state index contributed by atoms with van der Waals surface area (Å²) in [5.74, 6) is 0.927. The lowest BCUT2D eigenvalue weighted by molar-refractivity contribution is -0.137. The first-order chi connectivity index (χ1) is 15.3. The molecule has 7 nitrogen and oxygen atoms in total. The molecule has 1 saturated carbocycles. The number of nitrogens with zero attached hydrogens (tertiary/aromatic N) is 3. The average molecular weight is 444 g/mol. The van der Waals surface area contributed by atoms with Crippen molar-refractivity contribution >= 4 is 22.6 Å². The van der Waals surface area contributed by atoms with Gasteiger partial charge in [-0.1, -0.05) is 12.8 Å². The Balaban J connectivity index is 1.58. The van der Waals surface area contributed by atoms with E-state index in [0.717, 1.165) is 37.5 Å². The molecule has 168 valence electrons. The highest BCUT2D eigenvalue weighted by atomic mass is 19.4. The van der Waals surface area contributed by atoms with Gasteiger partial charge in [-0.2, -0.15) is 13.2 Å². The van der Waals surface area contributed by atoms with Gasteiger partial charge in [-0.3, -0.25) is 0 Å². The van der Waals surface area contributed by atoms with Crippen LogP contribution in [0.5, 0.6) is 0 Å².